The number of pyridine rings is 1. The Labute approximate surface area is 112 Å². The predicted octanol–water partition coefficient (Wildman–Crippen LogP) is 4.41. The van der Waals surface area contributed by atoms with E-state index in [4.69, 9.17) is 4.52 Å². The highest BCUT2D eigenvalue weighted by atomic mass is 32.2. The summed E-state index contributed by atoms with van der Waals surface area (Å²) in [4.78, 5) is 5.22. The summed E-state index contributed by atoms with van der Waals surface area (Å²) in [6.45, 7) is 2.23. The van der Waals surface area contributed by atoms with Crippen LogP contribution in [0, 0.1) is 0 Å². The van der Waals surface area contributed by atoms with Gasteiger partial charge in [0.2, 0.25) is 0 Å². The van der Waals surface area contributed by atoms with Gasteiger partial charge in [0.25, 0.3) is 0 Å². The van der Waals surface area contributed by atoms with E-state index in [-0.39, 0.29) is 0 Å². The first kappa shape index (κ1) is 13.1. The van der Waals surface area contributed by atoms with Gasteiger partial charge in [0.15, 0.2) is 0 Å². The van der Waals surface area contributed by atoms with Gasteiger partial charge < -0.3 is 4.52 Å². The Morgan fingerprint density at radius 1 is 1.28 bits per heavy atom. The molecule has 2 heterocycles. The number of aromatic nitrogens is 2. The summed E-state index contributed by atoms with van der Waals surface area (Å²) in [6.07, 6.45) is 10.5. The first-order chi connectivity index (χ1) is 8.92. The van der Waals surface area contributed by atoms with Crippen molar-refractivity contribution in [3.05, 3.63) is 30.8 Å². The average Bonchev–Trinajstić information content (AvgIpc) is 2.88. The van der Waals surface area contributed by atoms with Gasteiger partial charge in [-0.15, -0.1) is 11.8 Å². The van der Waals surface area contributed by atoms with E-state index in [0.717, 1.165) is 21.9 Å². The molecule has 4 heteroatoms. The Hall–Kier alpha value is -1.29. The lowest BCUT2D eigenvalue weighted by Crippen LogP contribution is -1.84. The van der Waals surface area contributed by atoms with Crippen LogP contribution in [0.15, 0.2) is 40.2 Å². The quantitative estimate of drug-likeness (QED) is 0.547. The lowest BCUT2D eigenvalue weighted by Gasteiger charge is -2.01. The second-order valence-electron chi connectivity index (χ2n) is 4.18. The van der Waals surface area contributed by atoms with Crippen molar-refractivity contribution in [1.29, 1.82) is 0 Å². The minimum Gasteiger partial charge on any atom is -0.363 e. The zero-order valence-corrected chi connectivity index (χ0v) is 11.4. The van der Waals surface area contributed by atoms with Crippen LogP contribution in [0.3, 0.4) is 0 Å². The lowest BCUT2D eigenvalue weighted by atomic mass is 10.2. The number of hydrogen-bond acceptors (Lipinski definition) is 4. The van der Waals surface area contributed by atoms with E-state index in [2.05, 4.69) is 17.1 Å². The molecule has 0 N–H and O–H groups in total. The van der Waals surface area contributed by atoms with E-state index < -0.39 is 0 Å². The molecule has 0 aliphatic heterocycles. The molecule has 0 bridgehead atoms. The molecule has 0 amide bonds. The summed E-state index contributed by atoms with van der Waals surface area (Å²) in [5.74, 6) is 1.12. The Kier molecular flexibility index (Phi) is 5.27. The van der Waals surface area contributed by atoms with Gasteiger partial charge >= 0.3 is 0 Å². The van der Waals surface area contributed by atoms with Crippen LogP contribution < -0.4 is 0 Å². The highest BCUT2D eigenvalue weighted by Gasteiger charge is 2.10. The molecular formula is C14H18N2OS. The molecule has 0 aliphatic carbocycles. The molecule has 0 saturated carbocycles. The largest absolute Gasteiger partial charge is 0.363 e. The molecule has 2 aromatic heterocycles. The molecule has 2 rings (SSSR count). The third-order valence-corrected chi connectivity index (χ3v) is 3.82. The normalized spacial score (nSPS) is 10.7. The van der Waals surface area contributed by atoms with Gasteiger partial charge in [0, 0.05) is 18.0 Å². The van der Waals surface area contributed by atoms with Gasteiger partial charge in [0.05, 0.1) is 4.90 Å². The van der Waals surface area contributed by atoms with Gasteiger partial charge in [-0.2, -0.15) is 0 Å². The fourth-order valence-electron chi connectivity index (χ4n) is 1.74. The van der Waals surface area contributed by atoms with Crippen LogP contribution in [0.25, 0.3) is 11.3 Å². The van der Waals surface area contributed by atoms with Crippen molar-refractivity contribution in [1.82, 2.24) is 10.1 Å². The number of hydrogen-bond donors (Lipinski definition) is 0. The fraction of sp³-hybridized carbons (Fsp3) is 0.429. The zero-order chi connectivity index (χ0) is 12.6. The number of nitrogens with zero attached hydrogens (tertiary/aromatic N) is 2. The van der Waals surface area contributed by atoms with Crippen LogP contribution >= 0.6 is 11.8 Å². The van der Waals surface area contributed by atoms with Gasteiger partial charge in [-0.3, -0.25) is 4.98 Å². The summed E-state index contributed by atoms with van der Waals surface area (Å²) in [6, 6.07) is 3.92. The molecule has 3 nitrogen and oxygen atoms in total. The zero-order valence-electron chi connectivity index (χ0n) is 10.6. The van der Waals surface area contributed by atoms with Gasteiger partial charge in [-0.05, 0) is 24.3 Å². The Morgan fingerprint density at radius 2 is 2.22 bits per heavy atom. The second-order valence-corrected chi connectivity index (χ2v) is 5.31. The summed E-state index contributed by atoms with van der Waals surface area (Å²) in [5.41, 5.74) is 1.92. The van der Waals surface area contributed by atoms with E-state index in [1.807, 2.05) is 30.1 Å². The van der Waals surface area contributed by atoms with Crippen molar-refractivity contribution in [2.45, 2.75) is 37.5 Å². The van der Waals surface area contributed by atoms with E-state index >= 15 is 0 Å². The maximum Gasteiger partial charge on any atom is 0.138 e. The fourth-order valence-corrected chi connectivity index (χ4v) is 2.71. The number of rotatable bonds is 7. The van der Waals surface area contributed by atoms with Gasteiger partial charge in [-0.1, -0.05) is 31.3 Å². The van der Waals surface area contributed by atoms with Crippen LogP contribution in [-0.4, -0.2) is 15.9 Å². The second kappa shape index (κ2) is 7.21. The standard InChI is InChI=1S/C14H18N2OS/c1-2-3-4-5-9-18-13-11-17-16-14(13)12-7-6-8-15-10-12/h6-8,10-11H,2-5,9H2,1H3. The lowest BCUT2D eigenvalue weighted by molar-refractivity contribution is 0.420. The van der Waals surface area contributed by atoms with Gasteiger partial charge in [0.1, 0.15) is 12.0 Å². The van der Waals surface area contributed by atoms with Crippen molar-refractivity contribution >= 4 is 11.8 Å². The molecule has 0 unspecified atom stereocenters. The van der Waals surface area contributed by atoms with E-state index in [9.17, 15) is 0 Å². The van der Waals surface area contributed by atoms with E-state index in [1.165, 1.54) is 25.7 Å². The monoisotopic (exact) mass is 262 g/mol. The topological polar surface area (TPSA) is 38.9 Å². The average molecular weight is 262 g/mol. The van der Waals surface area contributed by atoms with Crippen molar-refractivity contribution in [2.24, 2.45) is 0 Å². The highest BCUT2D eigenvalue weighted by molar-refractivity contribution is 7.99. The van der Waals surface area contributed by atoms with E-state index in [0.29, 0.717) is 0 Å². The highest BCUT2D eigenvalue weighted by Crippen LogP contribution is 2.30. The molecule has 0 fully saturated rings. The van der Waals surface area contributed by atoms with Crippen molar-refractivity contribution in [2.75, 3.05) is 5.75 Å². The van der Waals surface area contributed by atoms with Crippen LogP contribution in [0.1, 0.15) is 32.6 Å². The maximum absolute atomic E-state index is 5.08. The van der Waals surface area contributed by atoms with Gasteiger partial charge in [-0.25, -0.2) is 0 Å². The Morgan fingerprint density at radius 3 is 3.00 bits per heavy atom. The minimum absolute atomic E-state index is 0.906. The molecule has 0 atom stereocenters. The summed E-state index contributed by atoms with van der Waals surface area (Å²) in [7, 11) is 0. The first-order valence-corrected chi connectivity index (χ1v) is 7.38. The molecule has 0 radical (unpaired) electrons. The van der Waals surface area contributed by atoms with E-state index in [1.54, 1.807) is 12.5 Å². The molecule has 2 aromatic rings. The molecule has 0 aliphatic rings. The Bertz CT molecular complexity index is 456. The van der Waals surface area contributed by atoms with Crippen LogP contribution in [0.2, 0.25) is 0 Å². The minimum atomic E-state index is 0.906. The third-order valence-electron chi connectivity index (χ3n) is 2.73. The van der Waals surface area contributed by atoms with Crippen molar-refractivity contribution in [3.8, 4) is 11.3 Å². The summed E-state index contributed by atoms with van der Waals surface area (Å²) >= 11 is 1.81. The smallest absolute Gasteiger partial charge is 0.138 e. The molecular weight excluding hydrogens is 244 g/mol. The summed E-state index contributed by atoms with van der Waals surface area (Å²) < 4.78 is 5.08. The number of unbranched alkanes of at least 4 members (excludes halogenated alkanes) is 3. The van der Waals surface area contributed by atoms with Crippen LogP contribution in [-0.2, 0) is 0 Å². The predicted molar refractivity (Wildman–Crippen MR) is 74.6 cm³/mol. The van der Waals surface area contributed by atoms with Crippen molar-refractivity contribution < 1.29 is 4.52 Å². The molecule has 18 heavy (non-hydrogen) atoms. The molecule has 0 saturated heterocycles. The number of thioether (sulfide) groups is 1. The maximum atomic E-state index is 5.08. The van der Waals surface area contributed by atoms with Crippen LogP contribution in [0.4, 0.5) is 0 Å². The van der Waals surface area contributed by atoms with Crippen molar-refractivity contribution in [3.63, 3.8) is 0 Å². The van der Waals surface area contributed by atoms with Crippen LogP contribution in [0.5, 0.6) is 0 Å². The molecule has 96 valence electrons. The summed E-state index contributed by atoms with van der Waals surface area (Å²) in [5, 5.41) is 4.07. The third kappa shape index (κ3) is 3.60. The molecule has 0 spiro atoms. The SMILES string of the molecule is CCCCCCSc1conc1-c1cccnc1. The Balaban J connectivity index is 1.92. The molecule has 0 aromatic carbocycles. The first-order valence-electron chi connectivity index (χ1n) is 6.39.